The Bertz CT molecular complexity index is 1120. The SMILES string of the molecule is CC.N#Cc1cc(-c2ccc(F)cc2)c(N2CCC(Oc3ccc(C(F)(F)F)nc3)CC2)cn1. The van der Waals surface area contributed by atoms with E-state index in [4.69, 9.17) is 4.74 Å². The number of pyridine rings is 2. The molecule has 0 aliphatic carbocycles. The topological polar surface area (TPSA) is 62.0 Å². The second-order valence-corrected chi connectivity index (χ2v) is 7.39. The Morgan fingerprint density at radius 2 is 1.68 bits per heavy atom. The van der Waals surface area contributed by atoms with Crippen LogP contribution in [0, 0.1) is 17.1 Å². The summed E-state index contributed by atoms with van der Waals surface area (Å²) in [6.45, 7) is 5.25. The molecule has 5 nitrogen and oxygen atoms in total. The molecule has 1 aromatic carbocycles. The lowest BCUT2D eigenvalue weighted by molar-refractivity contribution is -0.141. The van der Waals surface area contributed by atoms with Crippen molar-refractivity contribution in [1.29, 1.82) is 5.26 Å². The standard InChI is InChI=1S/C23H18F4N4O.C2H6/c24-16-3-1-15(2-4-16)20-11-17(12-28)29-14-21(20)31-9-7-18(8-10-31)32-19-5-6-22(30-13-19)23(25,26)27;1-2/h1-6,11,13-14,18H,7-10H2;1-2H3. The van der Waals surface area contributed by atoms with Crippen molar-refractivity contribution < 1.29 is 22.3 Å². The Hall–Kier alpha value is -3.67. The third-order valence-corrected chi connectivity index (χ3v) is 5.26. The zero-order chi connectivity index (χ0) is 24.7. The minimum Gasteiger partial charge on any atom is -0.489 e. The van der Waals surface area contributed by atoms with E-state index >= 15 is 0 Å². The number of hydrogen-bond donors (Lipinski definition) is 0. The van der Waals surface area contributed by atoms with Crippen molar-refractivity contribution in [2.75, 3.05) is 18.0 Å². The average molecular weight is 472 g/mol. The fourth-order valence-electron chi connectivity index (χ4n) is 3.65. The molecule has 3 heterocycles. The molecule has 0 amide bonds. The normalized spacial score (nSPS) is 14.1. The Kier molecular flexibility index (Phi) is 8.05. The lowest BCUT2D eigenvalue weighted by Gasteiger charge is -2.34. The monoisotopic (exact) mass is 472 g/mol. The van der Waals surface area contributed by atoms with E-state index in [1.165, 1.54) is 18.2 Å². The van der Waals surface area contributed by atoms with Gasteiger partial charge in [0.2, 0.25) is 0 Å². The number of nitrogens with zero attached hydrogens (tertiary/aromatic N) is 4. The summed E-state index contributed by atoms with van der Waals surface area (Å²) in [4.78, 5) is 9.72. The maximum atomic E-state index is 13.4. The summed E-state index contributed by atoms with van der Waals surface area (Å²) in [5.74, 6) is -0.0518. The number of rotatable bonds is 4. The summed E-state index contributed by atoms with van der Waals surface area (Å²) in [5.41, 5.74) is 1.69. The van der Waals surface area contributed by atoms with Crippen molar-refractivity contribution in [2.24, 2.45) is 0 Å². The molecule has 0 saturated carbocycles. The summed E-state index contributed by atoms with van der Waals surface area (Å²) >= 11 is 0. The van der Waals surface area contributed by atoms with Gasteiger partial charge in [-0.1, -0.05) is 26.0 Å². The van der Waals surface area contributed by atoms with Gasteiger partial charge in [0.05, 0.1) is 18.1 Å². The van der Waals surface area contributed by atoms with Crippen molar-refractivity contribution in [3.05, 3.63) is 72.1 Å². The average Bonchev–Trinajstić information content (AvgIpc) is 2.86. The molecule has 178 valence electrons. The van der Waals surface area contributed by atoms with Gasteiger partial charge in [-0.3, -0.25) is 0 Å². The van der Waals surface area contributed by atoms with E-state index in [2.05, 4.69) is 14.9 Å². The van der Waals surface area contributed by atoms with Crippen molar-refractivity contribution in [3.63, 3.8) is 0 Å². The van der Waals surface area contributed by atoms with E-state index in [-0.39, 0.29) is 17.6 Å². The van der Waals surface area contributed by atoms with E-state index < -0.39 is 11.9 Å². The van der Waals surface area contributed by atoms with Crippen LogP contribution in [0.25, 0.3) is 11.1 Å². The number of piperidine rings is 1. The van der Waals surface area contributed by atoms with Crippen LogP contribution in [0.2, 0.25) is 0 Å². The molecular formula is C25H24F4N4O. The first kappa shape index (κ1) is 25.0. The highest BCUT2D eigenvalue weighted by Gasteiger charge is 2.32. The maximum absolute atomic E-state index is 13.4. The van der Waals surface area contributed by atoms with E-state index in [1.54, 1.807) is 24.4 Å². The Balaban J connectivity index is 0.00000158. The second kappa shape index (κ2) is 11.0. The summed E-state index contributed by atoms with van der Waals surface area (Å²) in [6, 6.07) is 11.9. The van der Waals surface area contributed by atoms with Gasteiger partial charge in [-0.25, -0.2) is 14.4 Å². The molecule has 9 heteroatoms. The second-order valence-electron chi connectivity index (χ2n) is 7.39. The number of halogens is 4. The third kappa shape index (κ3) is 6.01. The Morgan fingerprint density at radius 3 is 2.24 bits per heavy atom. The van der Waals surface area contributed by atoms with E-state index in [0.717, 1.165) is 29.1 Å². The summed E-state index contributed by atoms with van der Waals surface area (Å²) < 4.78 is 57.1. The van der Waals surface area contributed by atoms with Crippen LogP contribution in [-0.2, 0) is 6.18 Å². The van der Waals surface area contributed by atoms with Gasteiger partial charge < -0.3 is 9.64 Å². The molecule has 2 aromatic heterocycles. The molecule has 1 aliphatic rings. The van der Waals surface area contributed by atoms with Crippen LogP contribution >= 0.6 is 0 Å². The van der Waals surface area contributed by atoms with Crippen LogP contribution in [-0.4, -0.2) is 29.2 Å². The summed E-state index contributed by atoms with van der Waals surface area (Å²) in [6.07, 6.45) is -0.634. The van der Waals surface area contributed by atoms with Crippen molar-refractivity contribution >= 4 is 5.69 Å². The highest BCUT2D eigenvalue weighted by Crippen LogP contribution is 2.34. The molecule has 34 heavy (non-hydrogen) atoms. The number of anilines is 1. The molecule has 0 unspecified atom stereocenters. The minimum absolute atomic E-state index is 0.162. The van der Waals surface area contributed by atoms with Crippen LogP contribution in [0.1, 0.15) is 38.1 Å². The van der Waals surface area contributed by atoms with Crippen LogP contribution < -0.4 is 9.64 Å². The molecule has 0 N–H and O–H groups in total. The van der Waals surface area contributed by atoms with Gasteiger partial charge in [0.15, 0.2) is 0 Å². The predicted octanol–water partition coefficient (Wildman–Crippen LogP) is 6.25. The largest absolute Gasteiger partial charge is 0.489 e. The summed E-state index contributed by atoms with van der Waals surface area (Å²) in [7, 11) is 0. The number of aromatic nitrogens is 2. The fourth-order valence-corrected chi connectivity index (χ4v) is 3.65. The Morgan fingerprint density at radius 1 is 1.00 bits per heavy atom. The van der Waals surface area contributed by atoms with Crippen LogP contribution in [0.15, 0.2) is 54.9 Å². The minimum atomic E-state index is -4.48. The van der Waals surface area contributed by atoms with Crippen molar-refractivity contribution in [2.45, 2.75) is 39.0 Å². The van der Waals surface area contributed by atoms with Gasteiger partial charge in [-0.05, 0) is 35.9 Å². The van der Waals surface area contributed by atoms with E-state index in [1.807, 2.05) is 19.9 Å². The van der Waals surface area contributed by atoms with Gasteiger partial charge in [0.1, 0.15) is 35.1 Å². The molecule has 0 bridgehead atoms. The van der Waals surface area contributed by atoms with Crippen molar-refractivity contribution in [3.8, 4) is 22.9 Å². The number of ether oxygens (including phenoxy) is 1. The molecule has 3 aromatic rings. The third-order valence-electron chi connectivity index (χ3n) is 5.26. The molecule has 4 rings (SSSR count). The molecule has 0 radical (unpaired) electrons. The quantitative estimate of drug-likeness (QED) is 0.420. The lowest BCUT2D eigenvalue weighted by atomic mass is 10.0. The van der Waals surface area contributed by atoms with Gasteiger partial charge >= 0.3 is 6.18 Å². The first-order valence-electron chi connectivity index (χ1n) is 10.9. The van der Waals surface area contributed by atoms with Crippen LogP contribution in [0.4, 0.5) is 23.2 Å². The molecular weight excluding hydrogens is 448 g/mol. The van der Waals surface area contributed by atoms with Gasteiger partial charge in [-0.15, -0.1) is 0 Å². The van der Waals surface area contributed by atoms with Crippen molar-refractivity contribution in [1.82, 2.24) is 9.97 Å². The smallest absolute Gasteiger partial charge is 0.433 e. The highest BCUT2D eigenvalue weighted by atomic mass is 19.4. The Labute approximate surface area is 195 Å². The zero-order valence-electron chi connectivity index (χ0n) is 18.8. The maximum Gasteiger partial charge on any atom is 0.433 e. The van der Waals surface area contributed by atoms with E-state index in [9.17, 15) is 22.8 Å². The number of nitriles is 1. The predicted molar refractivity (Wildman–Crippen MR) is 121 cm³/mol. The van der Waals surface area contributed by atoms with Gasteiger partial charge in [0.25, 0.3) is 0 Å². The number of benzene rings is 1. The first-order valence-corrected chi connectivity index (χ1v) is 10.9. The molecule has 0 spiro atoms. The van der Waals surface area contributed by atoms with E-state index in [0.29, 0.717) is 31.7 Å². The molecule has 1 aliphatic heterocycles. The number of alkyl halides is 3. The molecule has 1 saturated heterocycles. The zero-order valence-corrected chi connectivity index (χ0v) is 18.8. The fraction of sp³-hybridized carbons (Fsp3) is 0.320. The van der Waals surface area contributed by atoms with Crippen LogP contribution in [0.3, 0.4) is 0 Å². The molecule has 0 atom stereocenters. The van der Waals surface area contributed by atoms with Crippen LogP contribution in [0.5, 0.6) is 5.75 Å². The first-order chi connectivity index (χ1) is 16.3. The number of hydrogen-bond acceptors (Lipinski definition) is 5. The summed E-state index contributed by atoms with van der Waals surface area (Å²) in [5, 5.41) is 9.22. The van der Waals surface area contributed by atoms with Gasteiger partial charge in [-0.2, -0.15) is 18.4 Å². The van der Waals surface area contributed by atoms with Gasteiger partial charge in [0, 0.05) is 31.5 Å². The lowest BCUT2D eigenvalue weighted by Crippen LogP contribution is -2.38. The molecule has 1 fully saturated rings. The highest BCUT2D eigenvalue weighted by molar-refractivity contribution is 5.79.